The molecule has 0 aromatic carbocycles. The quantitative estimate of drug-likeness (QED) is 0.786. The van der Waals surface area contributed by atoms with Gasteiger partial charge in [0.25, 0.3) is 0 Å². The zero-order valence-corrected chi connectivity index (χ0v) is 10.2. The van der Waals surface area contributed by atoms with E-state index in [1.54, 1.807) is 0 Å². The number of fused-ring (bicyclic) bond motifs is 1. The highest BCUT2D eigenvalue weighted by molar-refractivity contribution is 5.53. The van der Waals surface area contributed by atoms with Crippen LogP contribution in [0.4, 0.5) is 0 Å². The monoisotopic (exact) mass is 218 g/mol. The highest BCUT2D eigenvalue weighted by Crippen LogP contribution is 2.36. The molecule has 1 aromatic heterocycles. The highest BCUT2D eigenvalue weighted by atomic mass is 16.3. The molecule has 2 rings (SSSR count). The lowest BCUT2D eigenvalue weighted by Gasteiger charge is -2.35. The molecule has 2 heterocycles. The standard InChI is InChI=1S/C13H18N2O/c1-10-9-14-11-5-6-13(4,12(2,3)16)7-8-15(10)11/h5-9,16H,1-4H3. The van der Waals surface area contributed by atoms with Crippen LogP contribution >= 0.6 is 0 Å². The Balaban J connectivity index is 2.49. The molecule has 1 atom stereocenters. The molecule has 0 spiro atoms. The van der Waals surface area contributed by atoms with Crippen molar-refractivity contribution in [3.05, 3.63) is 29.9 Å². The Labute approximate surface area is 96.1 Å². The second kappa shape index (κ2) is 3.32. The Hall–Kier alpha value is -1.35. The van der Waals surface area contributed by atoms with Crippen LogP contribution in [0.5, 0.6) is 0 Å². The van der Waals surface area contributed by atoms with Gasteiger partial charge in [-0.05, 0) is 33.8 Å². The van der Waals surface area contributed by atoms with E-state index in [1.165, 1.54) is 0 Å². The topological polar surface area (TPSA) is 38.0 Å². The molecule has 86 valence electrons. The van der Waals surface area contributed by atoms with Gasteiger partial charge in [-0.3, -0.25) is 0 Å². The zero-order chi connectivity index (χ0) is 12.0. The van der Waals surface area contributed by atoms with Crippen molar-refractivity contribution in [2.24, 2.45) is 5.41 Å². The molecule has 3 nitrogen and oxygen atoms in total. The predicted molar refractivity (Wildman–Crippen MR) is 65.7 cm³/mol. The van der Waals surface area contributed by atoms with Crippen molar-refractivity contribution in [3.8, 4) is 0 Å². The number of aryl methyl sites for hydroxylation is 1. The maximum atomic E-state index is 10.2. The molecule has 0 saturated heterocycles. The van der Waals surface area contributed by atoms with E-state index < -0.39 is 5.60 Å². The maximum Gasteiger partial charge on any atom is 0.136 e. The van der Waals surface area contributed by atoms with Gasteiger partial charge < -0.3 is 9.67 Å². The van der Waals surface area contributed by atoms with E-state index in [-0.39, 0.29) is 5.41 Å². The molecule has 0 fully saturated rings. The summed E-state index contributed by atoms with van der Waals surface area (Å²) in [5.74, 6) is 0.904. The lowest BCUT2D eigenvalue weighted by molar-refractivity contribution is 0.00846. The normalized spacial score (nSPS) is 24.3. The van der Waals surface area contributed by atoms with Gasteiger partial charge in [0.05, 0.1) is 5.60 Å². The van der Waals surface area contributed by atoms with Crippen LogP contribution in [0.15, 0.2) is 18.3 Å². The second-order valence-corrected chi connectivity index (χ2v) is 5.12. The molecule has 1 aromatic rings. The summed E-state index contributed by atoms with van der Waals surface area (Å²) < 4.78 is 2.02. The van der Waals surface area contributed by atoms with Crippen LogP contribution in [0.1, 0.15) is 32.3 Å². The van der Waals surface area contributed by atoms with E-state index >= 15 is 0 Å². The molecule has 0 radical (unpaired) electrons. The molecule has 16 heavy (non-hydrogen) atoms. The van der Waals surface area contributed by atoms with Crippen molar-refractivity contribution in [3.63, 3.8) is 0 Å². The second-order valence-electron chi connectivity index (χ2n) is 5.12. The van der Waals surface area contributed by atoms with E-state index in [4.69, 9.17) is 0 Å². The third kappa shape index (κ3) is 1.61. The Morgan fingerprint density at radius 2 is 2.06 bits per heavy atom. The molecule has 0 aliphatic carbocycles. The van der Waals surface area contributed by atoms with Crippen LogP contribution in [-0.2, 0) is 0 Å². The van der Waals surface area contributed by atoms with Gasteiger partial charge in [0.1, 0.15) is 5.82 Å². The lowest BCUT2D eigenvalue weighted by atomic mass is 9.75. The van der Waals surface area contributed by atoms with Gasteiger partial charge in [-0.2, -0.15) is 0 Å². The zero-order valence-electron chi connectivity index (χ0n) is 10.2. The van der Waals surface area contributed by atoms with Gasteiger partial charge in [0.15, 0.2) is 0 Å². The number of aliphatic hydroxyl groups is 1. The summed E-state index contributed by atoms with van der Waals surface area (Å²) in [6.45, 7) is 7.68. The minimum absolute atomic E-state index is 0.375. The van der Waals surface area contributed by atoms with Crippen molar-refractivity contribution in [2.45, 2.75) is 33.3 Å². The van der Waals surface area contributed by atoms with Crippen LogP contribution in [0.3, 0.4) is 0 Å². The fourth-order valence-corrected chi connectivity index (χ4v) is 1.72. The van der Waals surface area contributed by atoms with E-state index in [1.807, 2.05) is 62.9 Å². The minimum Gasteiger partial charge on any atom is -0.389 e. The summed E-state index contributed by atoms with van der Waals surface area (Å²) in [7, 11) is 0. The van der Waals surface area contributed by atoms with Crippen LogP contribution < -0.4 is 0 Å². The third-order valence-electron chi connectivity index (χ3n) is 3.48. The van der Waals surface area contributed by atoms with Gasteiger partial charge in [-0.25, -0.2) is 4.98 Å². The predicted octanol–water partition coefficient (Wildman–Crippen LogP) is 2.47. The smallest absolute Gasteiger partial charge is 0.136 e. The Morgan fingerprint density at radius 1 is 1.38 bits per heavy atom. The lowest BCUT2D eigenvalue weighted by Crippen LogP contribution is -2.37. The summed E-state index contributed by atoms with van der Waals surface area (Å²) in [5, 5.41) is 10.2. The van der Waals surface area contributed by atoms with Crippen molar-refractivity contribution in [2.75, 3.05) is 0 Å². The largest absolute Gasteiger partial charge is 0.389 e. The number of hydrogen-bond donors (Lipinski definition) is 1. The van der Waals surface area contributed by atoms with E-state index in [0.717, 1.165) is 11.5 Å². The number of aromatic nitrogens is 2. The molecule has 0 bridgehead atoms. The highest BCUT2D eigenvalue weighted by Gasteiger charge is 2.35. The fraction of sp³-hybridized carbons (Fsp3) is 0.462. The third-order valence-corrected chi connectivity index (χ3v) is 3.48. The van der Waals surface area contributed by atoms with Crippen LogP contribution in [0.25, 0.3) is 12.3 Å². The Kier molecular flexibility index (Phi) is 2.31. The van der Waals surface area contributed by atoms with Crippen molar-refractivity contribution in [1.29, 1.82) is 0 Å². The van der Waals surface area contributed by atoms with Gasteiger partial charge in [0.2, 0.25) is 0 Å². The van der Waals surface area contributed by atoms with Crippen molar-refractivity contribution in [1.82, 2.24) is 9.55 Å². The molecule has 1 N–H and O–H groups in total. The van der Waals surface area contributed by atoms with Crippen LogP contribution in [0, 0.1) is 12.3 Å². The van der Waals surface area contributed by atoms with Crippen molar-refractivity contribution >= 4 is 12.3 Å². The van der Waals surface area contributed by atoms with Crippen molar-refractivity contribution < 1.29 is 5.11 Å². The summed E-state index contributed by atoms with van der Waals surface area (Å²) in [6.07, 6.45) is 9.82. The molecule has 0 saturated carbocycles. The van der Waals surface area contributed by atoms with Crippen LogP contribution in [0.2, 0.25) is 0 Å². The van der Waals surface area contributed by atoms with E-state index in [2.05, 4.69) is 4.98 Å². The Morgan fingerprint density at radius 3 is 2.69 bits per heavy atom. The first kappa shape index (κ1) is 11.1. The summed E-state index contributed by atoms with van der Waals surface area (Å²) >= 11 is 0. The molecular formula is C13H18N2O. The maximum absolute atomic E-state index is 10.2. The SMILES string of the molecule is Cc1cnc2n1C=CC(C)(C(C)(C)O)C=C2. The van der Waals surface area contributed by atoms with Gasteiger partial charge >= 0.3 is 0 Å². The minimum atomic E-state index is -0.794. The molecule has 1 aliphatic heterocycles. The number of imidazole rings is 1. The molecular weight excluding hydrogens is 200 g/mol. The fourth-order valence-electron chi connectivity index (χ4n) is 1.72. The van der Waals surface area contributed by atoms with Crippen LogP contribution in [-0.4, -0.2) is 20.3 Å². The van der Waals surface area contributed by atoms with Gasteiger partial charge in [-0.15, -0.1) is 0 Å². The summed E-state index contributed by atoms with van der Waals surface area (Å²) in [4.78, 5) is 4.31. The number of rotatable bonds is 1. The first-order valence-electron chi connectivity index (χ1n) is 5.48. The average molecular weight is 218 g/mol. The molecule has 1 aliphatic rings. The molecule has 3 heteroatoms. The number of hydrogen-bond acceptors (Lipinski definition) is 2. The first-order chi connectivity index (χ1) is 7.33. The van der Waals surface area contributed by atoms with E-state index in [9.17, 15) is 5.11 Å². The molecule has 1 unspecified atom stereocenters. The van der Waals surface area contributed by atoms with Gasteiger partial charge in [0, 0.05) is 23.5 Å². The summed E-state index contributed by atoms with van der Waals surface area (Å²) in [6, 6.07) is 0. The Bertz CT molecular complexity index is 463. The number of nitrogens with zero attached hydrogens (tertiary/aromatic N) is 2. The molecule has 0 amide bonds. The van der Waals surface area contributed by atoms with Gasteiger partial charge in [-0.1, -0.05) is 12.2 Å². The average Bonchev–Trinajstić information content (AvgIpc) is 2.41. The first-order valence-corrected chi connectivity index (χ1v) is 5.48. The van der Waals surface area contributed by atoms with E-state index in [0.29, 0.717) is 0 Å². The summed E-state index contributed by atoms with van der Waals surface area (Å²) in [5.41, 5.74) is -0.0752.